The number of likely N-dealkylation sites (tertiary alicyclic amines) is 1. The smallest absolute Gasteiger partial charge is 0.304 e. The molecule has 1 saturated heterocycles. The molecule has 0 aliphatic carbocycles. The lowest BCUT2D eigenvalue weighted by Gasteiger charge is -2.17. The van der Waals surface area contributed by atoms with Gasteiger partial charge in [0.2, 0.25) is 5.91 Å². The van der Waals surface area contributed by atoms with E-state index in [1.165, 1.54) is 16.3 Å². The summed E-state index contributed by atoms with van der Waals surface area (Å²) in [7, 11) is 0. The van der Waals surface area contributed by atoms with Gasteiger partial charge in [-0.15, -0.1) is 0 Å². The molecule has 1 atom stereocenters. The van der Waals surface area contributed by atoms with Crippen LogP contribution in [0.2, 0.25) is 0 Å². The molecule has 114 valence electrons. The standard InChI is InChI=1S/C18H19NO3/c20-17(21)12-15-9-11-19(18(15)22)10-8-14-6-3-5-13-4-1-2-7-16(13)14/h1-7,15H,8-12H2,(H,20,21). The van der Waals surface area contributed by atoms with Gasteiger partial charge in [0.15, 0.2) is 0 Å². The number of carbonyl (C=O) groups excluding carboxylic acids is 1. The molecule has 1 fully saturated rings. The number of hydrogen-bond acceptors (Lipinski definition) is 2. The summed E-state index contributed by atoms with van der Waals surface area (Å²) in [6.45, 7) is 1.32. The highest BCUT2D eigenvalue weighted by molar-refractivity contribution is 5.86. The van der Waals surface area contributed by atoms with Gasteiger partial charge in [0.25, 0.3) is 0 Å². The number of benzene rings is 2. The van der Waals surface area contributed by atoms with Crippen LogP contribution in [-0.2, 0) is 16.0 Å². The van der Waals surface area contributed by atoms with E-state index in [0.29, 0.717) is 19.5 Å². The Morgan fingerprint density at radius 2 is 1.95 bits per heavy atom. The zero-order chi connectivity index (χ0) is 15.5. The Hall–Kier alpha value is -2.36. The van der Waals surface area contributed by atoms with Crippen LogP contribution in [0.1, 0.15) is 18.4 Å². The van der Waals surface area contributed by atoms with Crippen molar-refractivity contribution < 1.29 is 14.7 Å². The molecule has 0 bridgehead atoms. The maximum atomic E-state index is 12.2. The Morgan fingerprint density at radius 1 is 1.18 bits per heavy atom. The molecule has 1 unspecified atom stereocenters. The Kier molecular flexibility index (Phi) is 4.09. The van der Waals surface area contributed by atoms with Crippen LogP contribution >= 0.6 is 0 Å². The van der Waals surface area contributed by atoms with Crippen LogP contribution in [0.15, 0.2) is 42.5 Å². The summed E-state index contributed by atoms with van der Waals surface area (Å²) in [6.07, 6.45) is 1.40. The molecule has 1 N–H and O–H groups in total. The topological polar surface area (TPSA) is 57.6 Å². The highest BCUT2D eigenvalue weighted by atomic mass is 16.4. The van der Waals surface area contributed by atoms with Crippen molar-refractivity contribution in [1.82, 2.24) is 4.90 Å². The van der Waals surface area contributed by atoms with Crippen molar-refractivity contribution in [2.45, 2.75) is 19.3 Å². The summed E-state index contributed by atoms with van der Waals surface area (Å²) in [5.41, 5.74) is 1.23. The number of amides is 1. The van der Waals surface area contributed by atoms with Crippen molar-refractivity contribution in [3.05, 3.63) is 48.0 Å². The third kappa shape index (κ3) is 2.96. The zero-order valence-corrected chi connectivity index (χ0v) is 12.4. The zero-order valence-electron chi connectivity index (χ0n) is 12.4. The molecule has 22 heavy (non-hydrogen) atoms. The monoisotopic (exact) mass is 297 g/mol. The van der Waals surface area contributed by atoms with E-state index < -0.39 is 5.97 Å². The number of rotatable bonds is 5. The van der Waals surface area contributed by atoms with Gasteiger partial charge in [-0.3, -0.25) is 9.59 Å². The fourth-order valence-electron chi connectivity index (χ4n) is 3.19. The highest BCUT2D eigenvalue weighted by Gasteiger charge is 2.32. The molecule has 1 aliphatic heterocycles. The molecule has 1 heterocycles. The van der Waals surface area contributed by atoms with Gasteiger partial charge in [-0.25, -0.2) is 0 Å². The van der Waals surface area contributed by atoms with Crippen LogP contribution in [0.25, 0.3) is 10.8 Å². The van der Waals surface area contributed by atoms with Crippen molar-refractivity contribution in [1.29, 1.82) is 0 Å². The van der Waals surface area contributed by atoms with Gasteiger partial charge in [0, 0.05) is 13.1 Å². The molecule has 1 aliphatic rings. The third-order valence-corrected chi connectivity index (χ3v) is 4.36. The molecule has 0 saturated carbocycles. The predicted octanol–water partition coefficient (Wildman–Crippen LogP) is 2.71. The van der Waals surface area contributed by atoms with Crippen molar-refractivity contribution in [2.75, 3.05) is 13.1 Å². The molecule has 3 rings (SSSR count). The van der Waals surface area contributed by atoms with Crippen LogP contribution in [-0.4, -0.2) is 35.0 Å². The average molecular weight is 297 g/mol. The molecule has 2 aromatic rings. The number of carboxylic acids is 1. The quantitative estimate of drug-likeness (QED) is 0.923. The molecule has 0 radical (unpaired) electrons. The van der Waals surface area contributed by atoms with Crippen LogP contribution in [0.4, 0.5) is 0 Å². The highest BCUT2D eigenvalue weighted by Crippen LogP contribution is 2.23. The van der Waals surface area contributed by atoms with Crippen LogP contribution in [0.3, 0.4) is 0 Å². The Balaban J connectivity index is 1.68. The number of carbonyl (C=O) groups is 2. The average Bonchev–Trinajstić information content (AvgIpc) is 2.85. The molecule has 4 heteroatoms. The molecular formula is C18H19NO3. The van der Waals surface area contributed by atoms with Crippen LogP contribution in [0.5, 0.6) is 0 Å². The van der Waals surface area contributed by atoms with E-state index in [2.05, 4.69) is 24.3 Å². The first kappa shape index (κ1) is 14.6. The van der Waals surface area contributed by atoms with E-state index in [0.717, 1.165) is 6.42 Å². The third-order valence-electron chi connectivity index (χ3n) is 4.36. The van der Waals surface area contributed by atoms with E-state index in [-0.39, 0.29) is 18.2 Å². The van der Waals surface area contributed by atoms with Gasteiger partial charge >= 0.3 is 5.97 Å². The van der Waals surface area contributed by atoms with Gasteiger partial charge in [-0.1, -0.05) is 42.5 Å². The van der Waals surface area contributed by atoms with E-state index in [1.54, 1.807) is 4.90 Å². The van der Waals surface area contributed by atoms with Gasteiger partial charge in [-0.2, -0.15) is 0 Å². The summed E-state index contributed by atoms with van der Waals surface area (Å²) < 4.78 is 0. The molecular weight excluding hydrogens is 278 g/mol. The van der Waals surface area contributed by atoms with Crippen molar-refractivity contribution in [3.8, 4) is 0 Å². The second kappa shape index (κ2) is 6.18. The van der Waals surface area contributed by atoms with E-state index >= 15 is 0 Å². The van der Waals surface area contributed by atoms with E-state index in [4.69, 9.17) is 5.11 Å². The first-order valence-corrected chi connectivity index (χ1v) is 7.62. The largest absolute Gasteiger partial charge is 0.481 e. The molecule has 0 aromatic heterocycles. The van der Waals surface area contributed by atoms with Crippen molar-refractivity contribution in [3.63, 3.8) is 0 Å². The molecule has 0 spiro atoms. The SMILES string of the molecule is O=C(O)CC1CCN(CCc2cccc3ccccc23)C1=O. The maximum absolute atomic E-state index is 12.2. The van der Waals surface area contributed by atoms with Gasteiger partial charge < -0.3 is 10.0 Å². The summed E-state index contributed by atoms with van der Waals surface area (Å²) in [6, 6.07) is 14.5. The second-order valence-electron chi connectivity index (χ2n) is 5.80. The van der Waals surface area contributed by atoms with Crippen molar-refractivity contribution in [2.24, 2.45) is 5.92 Å². The molecule has 2 aromatic carbocycles. The fourth-order valence-corrected chi connectivity index (χ4v) is 3.19. The van der Waals surface area contributed by atoms with E-state index in [9.17, 15) is 9.59 Å². The van der Waals surface area contributed by atoms with Crippen LogP contribution < -0.4 is 0 Å². The number of hydrogen-bond donors (Lipinski definition) is 1. The minimum absolute atomic E-state index is 0.0114. The number of nitrogens with zero attached hydrogens (tertiary/aromatic N) is 1. The summed E-state index contributed by atoms with van der Waals surface area (Å²) in [4.78, 5) is 24.8. The van der Waals surface area contributed by atoms with E-state index in [1.807, 2.05) is 18.2 Å². The first-order chi connectivity index (χ1) is 10.6. The predicted molar refractivity (Wildman–Crippen MR) is 84.6 cm³/mol. The van der Waals surface area contributed by atoms with Gasteiger partial charge in [0.05, 0.1) is 12.3 Å². The maximum Gasteiger partial charge on any atom is 0.304 e. The molecule has 1 amide bonds. The number of carboxylic acid groups (broad SMARTS) is 1. The van der Waals surface area contributed by atoms with Gasteiger partial charge in [-0.05, 0) is 29.2 Å². The van der Waals surface area contributed by atoms with Gasteiger partial charge in [0.1, 0.15) is 0 Å². The Bertz CT molecular complexity index is 705. The normalized spacial score (nSPS) is 18.1. The molecule has 4 nitrogen and oxygen atoms in total. The Labute approximate surface area is 129 Å². The summed E-state index contributed by atoms with van der Waals surface area (Å²) in [5, 5.41) is 11.3. The lowest BCUT2D eigenvalue weighted by atomic mass is 10.0. The fraction of sp³-hybridized carbons (Fsp3) is 0.333. The second-order valence-corrected chi connectivity index (χ2v) is 5.80. The first-order valence-electron chi connectivity index (χ1n) is 7.62. The van der Waals surface area contributed by atoms with Crippen molar-refractivity contribution >= 4 is 22.6 Å². The summed E-state index contributed by atoms with van der Waals surface area (Å²) in [5.74, 6) is -1.25. The summed E-state index contributed by atoms with van der Waals surface area (Å²) >= 11 is 0. The number of fused-ring (bicyclic) bond motifs is 1. The lowest BCUT2D eigenvalue weighted by molar-refractivity contribution is -0.142. The minimum Gasteiger partial charge on any atom is -0.481 e. The van der Waals surface area contributed by atoms with Crippen LogP contribution in [0, 0.1) is 5.92 Å². The number of aliphatic carboxylic acids is 1. The lowest BCUT2D eigenvalue weighted by Crippen LogP contribution is -2.30. The minimum atomic E-state index is -0.894. The Morgan fingerprint density at radius 3 is 2.77 bits per heavy atom.